The summed E-state index contributed by atoms with van der Waals surface area (Å²) in [7, 11) is 1.31. The third-order valence-corrected chi connectivity index (χ3v) is 2.85. The van der Waals surface area contributed by atoms with Crippen LogP contribution in [0, 0.1) is 6.92 Å². The number of anilines is 1. The van der Waals surface area contributed by atoms with Crippen LogP contribution in [0.15, 0.2) is 6.07 Å². The van der Waals surface area contributed by atoms with Crippen LogP contribution in [-0.2, 0) is 9.53 Å². The fraction of sp³-hybridized carbons (Fsp3) is 0.400. The summed E-state index contributed by atoms with van der Waals surface area (Å²) >= 11 is 1.34. The number of thiophene rings is 1. The van der Waals surface area contributed by atoms with Crippen LogP contribution in [0.5, 0.6) is 0 Å². The van der Waals surface area contributed by atoms with Crippen molar-refractivity contribution in [3.8, 4) is 0 Å². The second-order valence-corrected chi connectivity index (χ2v) is 4.43. The van der Waals surface area contributed by atoms with Gasteiger partial charge in [0.2, 0.25) is 5.91 Å². The largest absolute Gasteiger partial charge is 0.465 e. The van der Waals surface area contributed by atoms with Crippen molar-refractivity contribution in [3.05, 3.63) is 16.5 Å². The van der Waals surface area contributed by atoms with Gasteiger partial charge in [-0.1, -0.05) is 0 Å². The molecular weight excluding hydrogens is 228 g/mol. The minimum atomic E-state index is -0.451. The number of hydrogen-bond donors (Lipinski definition) is 2. The molecule has 0 radical (unpaired) electrons. The minimum absolute atomic E-state index is 0.200. The van der Waals surface area contributed by atoms with Gasteiger partial charge < -0.3 is 15.8 Å². The van der Waals surface area contributed by atoms with Gasteiger partial charge in [-0.25, -0.2) is 4.79 Å². The Morgan fingerprint density at radius 3 is 2.81 bits per heavy atom. The molecule has 3 N–H and O–H groups in total. The first kappa shape index (κ1) is 12.7. The summed E-state index contributed by atoms with van der Waals surface area (Å²) in [6.45, 7) is 2.14. The van der Waals surface area contributed by atoms with Crippen molar-refractivity contribution in [2.75, 3.05) is 19.0 Å². The van der Waals surface area contributed by atoms with Crippen LogP contribution < -0.4 is 11.1 Å². The van der Waals surface area contributed by atoms with Crippen LogP contribution in [0.1, 0.15) is 21.7 Å². The zero-order chi connectivity index (χ0) is 12.1. The maximum Gasteiger partial charge on any atom is 0.340 e. The number of carbonyl (C=O) groups excluding carboxylic acids is 2. The van der Waals surface area contributed by atoms with Gasteiger partial charge in [0.1, 0.15) is 5.00 Å². The van der Waals surface area contributed by atoms with Gasteiger partial charge in [0.05, 0.1) is 12.7 Å². The summed E-state index contributed by atoms with van der Waals surface area (Å²) in [5, 5.41) is 3.16. The number of carbonyl (C=O) groups is 2. The highest BCUT2D eigenvalue weighted by Gasteiger charge is 2.16. The smallest absolute Gasteiger partial charge is 0.340 e. The van der Waals surface area contributed by atoms with Crippen molar-refractivity contribution in [1.29, 1.82) is 0 Å². The quantitative estimate of drug-likeness (QED) is 0.775. The second-order valence-electron chi connectivity index (χ2n) is 3.18. The molecular formula is C10H14N2O3S. The van der Waals surface area contributed by atoms with E-state index in [-0.39, 0.29) is 18.9 Å². The van der Waals surface area contributed by atoms with E-state index in [1.54, 1.807) is 6.07 Å². The van der Waals surface area contributed by atoms with Crippen LogP contribution in [0.4, 0.5) is 5.00 Å². The molecule has 6 heteroatoms. The molecule has 0 aliphatic heterocycles. The van der Waals surface area contributed by atoms with Crippen molar-refractivity contribution < 1.29 is 14.3 Å². The van der Waals surface area contributed by atoms with Crippen molar-refractivity contribution in [2.45, 2.75) is 13.3 Å². The van der Waals surface area contributed by atoms with Gasteiger partial charge in [0.15, 0.2) is 0 Å². The van der Waals surface area contributed by atoms with Gasteiger partial charge in [-0.2, -0.15) is 0 Å². The lowest BCUT2D eigenvalue weighted by Crippen LogP contribution is -2.17. The summed E-state index contributed by atoms with van der Waals surface area (Å²) in [4.78, 5) is 23.7. The van der Waals surface area contributed by atoms with E-state index in [9.17, 15) is 9.59 Å². The Balaban J connectivity index is 2.86. The molecule has 88 valence electrons. The maximum absolute atomic E-state index is 11.4. The lowest BCUT2D eigenvalue weighted by atomic mass is 10.3. The first-order valence-electron chi connectivity index (χ1n) is 4.77. The Labute approximate surface area is 97.6 Å². The van der Waals surface area contributed by atoms with Gasteiger partial charge in [-0.15, -0.1) is 11.3 Å². The fourth-order valence-electron chi connectivity index (χ4n) is 1.19. The first-order valence-corrected chi connectivity index (χ1v) is 5.58. The number of ether oxygens (including phenoxy) is 1. The number of hydrogen-bond acceptors (Lipinski definition) is 5. The molecule has 0 saturated heterocycles. The average Bonchev–Trinajstić information content (AvgIpc) is 2.58. The zero-order valence-electron chi connectivity index (χ0n) is 9.20. The molecule has 0 unspecified atom stereocenters. The van der Waals surface area contributed by atoms with E-state index < -0.39 is 5.97 Å². The Morgan fingerprint density at radius 1 is 1.56 bits per heavy atom. The molecule has 16 heavy (non-hydrogen) atoms. The van der Waals surface area contributed by atoms with E-state index in [2.05, 4.69) is 10.1 Å². The predicted octanol–water partition coefficient (Wildman–Crippen LogP) is 1.13. The van der Waals surface area contributed by atoms with E-state index >= 15 is 0 Å². The molecule has 0 fully saturated rings. The van der Waals surface area contributed by atoms with Crippen molar-refractivity contribution in [1.82, 2.24) is 0 Å². The Kier molecular flexibility index (Phi) is 4.45. The topological polar surface area (TPSA) is 81.4 Å². The highest BCUT2D eigenvalue weighted by molar-refractivity contribution is 7.16. The highest BCUT2D eigenvalue weighted by atomic mass is 32.1. The summed E-state index contributed by atoms with van der Waals surface area (Å²) in [5.41, 5.74) is 5.65. The van der Waals surface area contributed by atoms with E-state index in [0.717, 1.165) is 4.88 Å². The SMILES string of the molecule is COC(=O)c1cc(C)sc1NC(=O)CCN. The Bertz CT molecular complexity index is 401. The van der Waals surface area contributed by atoms with Crippen molar-refractivity contribution in [2.24, 2.45) is 5.73 Å². The molecule has 1 rings (SSSR count). The normalized spacial score (nSPS) is 9.94. The number of aryl methyl sites for hydroxylation is 1. The van der Waals surface area contributed by atoms with E-state index in [0.29, 0.717) is 10.6 Å². The lowest BCUT2D eigenvalue weighted by molar-refractivity contribution is -0.116. The van der Waals surface area contributed by atoms with Crippen LogP contribution in [0.3, 0.4) is 0 Å². The summed E-state index contributed by atoms with van der Waals surface area (Å²) in [6, 6.07) is 1.69. The average molecular weight is 242 g/mol. The fourth-order valence-corrected chi connectivity index (χ4v) is 2.10. The first-order chi connectivity index (χ1) is 7.58. The maximum atomic E-state index is 11.4. The number of esters is 1. The number of amides is 1. The third kappa shape index (κ3) is 3.04. The zero-order valence-corrected chi connectivity index (χ0v) is 10.0. The van der Waals surface area contributed by atoms with Gasteiger partial charge in [0, 0.05) is 17.8 Å². The molecule has 0 saturated carbocycles. The van der Waals surface area contributed by atoms with Crippen LogP contribution in [0.25, 0.3) is 0 Å². The third-order valence-electron chi connectivity index (χ3n) is 1.88. The Hall–Kier alpha value is -1.40. The van der Waals surface area contributed by atoms with Gasteiger partial charge >= 0.3 is 5.97 Å². The minimum Gasteiger partial charge on any atom is -0.465 e. The summed E-state index contributed by atoms with van der Waals surface area (Å²) in [5.74, 6) is -0.651. The molecule has 5 nitrogen and oxygen atoms in total. The molecule has 1 amide bonds. The number of methoxy groups -OCH3 is 1. The monoisotopic (exact) mass is 242 g/mol. The summed E-state index contributed by atoms with van der Waals surface area (Å²) < 4.78 is 4.62. The molecule has 1 aromatic rings. The van der Waals surface area contributed by atoms with Crippen molar-refractivity contribution in [3.63, 3.8) is 0 Å². The molecule has 0 bridgehead atoms. The van der Waals surface area contributed by atoms with Crippen molar-refractivity contribution >= 4 is 28.2 Å². The highest BCUT2D eigenvalue weighted by Crippen LogP contribution is 2.28. The number of nitrogens with one attached hydrogen (secondary N) is 1. The summed E-state index contributed by atoms with van der Waals surface area (Å²) in [6.07, 6.45) is 0.234. The van der Waals surface area contributed by atoms with E-state index in [1.165, 1.54) is 18.4 Å². The standard InChI is InChI=1S/C10H14N2O3S/c1-6-5-7(10(14)15-2)9(16-6)12-8(13)3-4-11/h5H,3-4,11H2,1-2H3,(H,12,13). The second kappa shape index (κ2) is 5.62. The molecule has 1 aromatic heterocycles. The van der Waals surface area contributed by atoms with E-state index in [1.807, 2.05) is 6.92 Å². The molecule has 0 aromatic carbocycles. The van der Waals surface area contributed by atoms with Crippen LogP contribution in [0.2, 0.25) is 0 Å². The number of rotatable bonds is 4. The van der Waals surface area contributed by atoms with Gasteiger partial charge in [-0.05, 0) is 13.0 Å². The molecule has 1 heterocycles. The van der Waals surface area contributed by atoms with Gasteiger partial charge in [0.25, 0.3) is 0 Å². The lowest BCUT2D eigenvalue weighted by Gasteiger charge is -2.03. The van der Waals surface area contributed by atoms with Crippen LogP contribution in [-0.4, -0.2) is 25.5 Å². The molecule has 0 spiro atoms. The molecule has 0 atom stereocenters. The van der Waals surface area contributed by atoms with Gasteiger partial charge in [-0.3, -0.25) is 4.79 Å². The van der Waals surface area contributed by atoms with E-state index in [4.69, 9.17) is 5.73 Å². The predicted molar refractivity (Wildman–Crippen MR) is 62.7 cm³/mol. The molecule has 0 aliphatic rings. The van der Waals surface area contributed by atoms with Crippen LogP contribution >= 0.6 is 11.3 Å². The Morgan fingerprint density at radius 2 is 2.25 bits per heavy atom. The number of nitrogens with two attached hydrogens (primary N) is 1. The molecule has 0 aliphatic carbocycles.